The van der Waals surface area contributed by atoms with Crippen molar-refractivity contribution in [3.05, 3.63) is 10.7 Å². The fraction of sp³-hybridized carbons (Fsp3) is 0.667. The highest BCUT2D eigenvalue weighted by atomic mass is 79.9. The van der Waals surface area contributed by atoms with Crippen molar-refractivity contribution in [2.45, 2.75) is 25.1 Å². The molecule has 1 aliphatic heterocycles. The van der Waals surface area contributed by atoms with Crippen LogP contribution in [-0.4, -0.2) is 31.2 Å². The Kier molecular flexibility index (Phi) is 4.79. The van der Waals surface area contributed by atoms with Crippen LogP contribution in [0.15, 0.2) is 10.7 Å². The smallest absolute Gasteiger partial charge is 0.387 e. The number of carbonyl (C=O) groups is 1. The zero-order chi connectivity index (χ0) is 12.2. The lowest BCUT2D eigenvalue weighted by Crippen LogP contribution is -2.26. The van der Waals surface area contributed by atoms with E-state index in [9.17, 15) is 18.0 Å². The van der Waals surface area contributed by atoms with E-state index in [-0.39, 0.29) is 6.10 Å². The average Bonchev–Trinajstić information content (AvgIpc) is 2.67. The number of Topliss-reactive ketones (excluding diaryl/α,β-unsaturated/α-hetero) is 1. The van der Waals surface area contributed by atoms with Gasteiger partial charge in [0, 0.05) is 19.4 Å². The summed E-state index contributed by atoms with van der Waals surface area (Å²) in [5, 5.41) is 2.63. The zero-order valence-electron chi connectivity index (χ0n) is 8.31. The average molecular weight is 302 g/mol. The fourth-order valence-electron chi connectivity index (χ4n) is 1.29. The van der Waals surface area contributed by atoms with Gasteiger partial charge >= 0.3 is 6.18 Å². The number of alkyl halides is 3. The Morgan fingerprint density at radius 3 is 2.75 bits per heavy atom. The van der Waals surface area contributed by atoms with Crippen LogP contribution in [0.3, 0.4) is 0 Å². The first-order chi connectivity index (χ1) is 7.41. The number of carbonyl (C=O) groups excluding carboxylic acids is 1. The van der Waals surface area contributed by atoms with Crippen molar-refractivity contribution >= 4 is 21.7 Å². The third kappa shape index (κ3) is 4.13. The number of hydrogen-bond donors (Lipinski definition) is 1. The van der Waals surface area contributed by atoms with Crippen molar-refractivity contribution < 1.29 is 22.7 Å². The van der Waals surface area contributed by atoms with E-state index in [0.29, 0.717) is 13.2 Å². The highest BCUT2D eigenvalue weighted by Gasteiger charge is 2.39. The molecule has 0 saturated carbocycles. The molecular weight excluding hydrogens is 291 g/mol. The van der Waals surface area contributed by atoms with Gasteiger partial charge in [-0.15, -0.1) is 0 Å². The van der Waals surface area contributed by atoms with Gasteiger partial charge in [-0.2, -0.15) is 13.2 Å². The van der Waals surface area contributed by atoms with Gasteiger partial charge in [0.15, 0.2) is 0 Å². The van der Waals surface area contributed by atoms with Crippen molar-refractivity contribution in [3.63, 3.8) is 0 Å². The number of ketones is 1. The van der Waals surface area contributed by atoms with Crippen LogP contribution in [0.2, 0.25) is 0 Å². The lowest BCUT2D eigenvalue weighted by molar-refractivity contribution is -0.165. The van der Waals surface area contributed by atoms with Gasteiger partial charge in [0.1, 0.15) is 0 Å². The second-order valence-corrected chi connectivity index (χ2v) is 4.22. The minimum Gasteiger partial charge on any atom is -0.387 e. The van der Waals surface area contributed by atoms with Crippen LogP contribution in [-0.2, 0) is 9.53 Å². The van der Waals surface area contributed by atoms with E-state index >= 15 is 0 Å². The third-order valence-electron chi connectivity index (χ3n) is 2.07. The Labute approximate surface area is 99.2 Å². The van der Waals surface area contributed by atoms with E-state index in [1.807, 2.05) is 0 Å². The number of allylic oxidation sites excluding steroid dienone is 1. The molecule has 0 aromatic carbocycles. The maximum absolute atomic E-state index is 12.0. The first kappa shape index (κ1) is 13.5. The van der Waals surface area contributed by atoms with Gasteiger partial charge in [0.25, 0.3) is 5.78 Å². The minimum absolute atomic E-state index is 0.0116. The Hall–Kier alpha value is -0.560. The lowest BCUT2D eigenvalue weighted by atomic mass is 10.2. The summed E-state index contributed by atoms with van der Waals surface area (Å²) in [6, 6.07) is 0. The molecule has 1 N–H and O–H groups in total. The minimum atomic E-state index is -4.85. The summed E-state index contributed by atoms with van der Waals surface area (Å²) in [5.41, 5.74) is 0. The van der Waals surface area contributed by atoms with Gasteiger partial charge in [-0.3, -0.25) is 4.79 Å². The second kappa shape index (κ2) is 5.67. The van der Waals surface area contributed by atoms with E-state index in [4.69, 9.17) is 4.74 Å². The molecule has 0 aromatic rings. The van der Waals surface area contributed by atoms with Gasteiger partial charge < -0.3 is 10.1 Å². The Bertz CT molecular complexity index is 285. The second-order valence-electron chi connectivity index (χ2n) is 3.36. The predicted molar refractivity (Wildman–Crippen MR) is 55.0 cm³/mol. The molecule has 1 fully saturated rings. The van der Waals surface area contributed by atoms with Gasteiger partial charge in [-0.05, 0) is 28.8 Å². The molecule has 0 radical (unpaired) electrons. The Balaban J connectivity index is 2.35. The molecule has 16 heavy (non-hydrogen) atoms. The quantitative estimate of drug-likeness (QED) is 0.809. The predicted octanol–water partition coefficient (Wildman–Crippen LogP) is 2.12. The molecule has 3 nitrogen and oxygen atoms in total. The van der Waals surface area contributed by atoms with Crippen molar-refractivity contribution in [1.82, 2.24) is 5.32 Å². The molecular formula is C9H11BrF3NO2. The van der Waals surface area contributed by atoms with E-state index in [1.165, 1.54) is 0 Å². The highest BCUT2D eigenvalue weighted by molar-refractivity contribution is 9.12. The van der Waals surface area contributed by atoms with Crippen LogP contribution in [0.1, 0.15) is 12.8 Å². The Morgan fingerprint density at radius 1 is 1.56 bits per heavy atom. The maximum Gasteiger partial charge on any atom is 0.455 e. The summed E-state index contributed by atoms with van der Waals surface area (Å²) in [6.07, 6.45) is -1.99. The molecule has 1 heterocycles. The summed E-state index contributed by atoms with van der Waals surface area (Å²) in [6.45, 7) is 1.08. The molecule has 1 aliphatic rings. The van der Waals surface area contributed by atoms with Crippen molar-refractivity contribution in [2.75, 3.05) is 13.2 Å². The number of halogens is 4. The number of nitrogens with one attached hydrogen (secondary N) is 1. The van der Waals surface area contributed by atoms with Gasteiger partial charge in [-0.25, -0.2) is 0 Å². The van der Waals surface area contributed by atoms with Gasteiger partial charge in [0.05, 0.1) is 10.6 Å². The monoisotopic (exact) mass is 301 g/mol. The first-order valence-corrected chi connectivity index (χ1v) is 5.52. The van der Waals surface area contributed by atoms with Crippen LogP contribution in [0.4, 0.5) is 13.2 Å². The normalized spacial score (nSPS) is 22.2. The van der Waals surface area contributed by atoms with Crippen LogP contribution < -0.4 is 5.32 Å². The summed E-state index contributed by atoms with van der Waals surface area (Å²) >= 11 is 2.58. The summed E-state index contributed by atoms with van der Waals surface area (Å²) in [7, 11) is 0. The highest BCUT2D eigenvalue weighted by Crippen LogP contribution is 2.23. The van der Waals surface area contributed by atoms with E-state index in [0.717, 1.165) is 19.0 Å². The molecule has 7 heteroatoms. The zero-order valence-corrected chi connectivity index (χ0v) is 9.90. The molecule has 0 unspecified atom stereocenters. The summed E-state index contributed by atoms with van der Waals surface area (Å²) in [4.78, 5) is 10.7. The molecule has 1 atom stereocenters. The van der Waals surface area contributed by atoms with Crippen molar-refractivity contribution in [3.8, 4) is 0 Å². The SMILES string of the molecule is O=C(/C(Br)=C\NC[C@@H]1CCCO1)C(F)(F)F. The van der Waals surface area contributed by atoms with Crippen LogP contribution >= 0.6 is 15.9 Å². The molecule has 0 amide bonds. The summed E-state index contributed by atoms with van der Waals surface area (Å²) in [5.74, 6) is -1.90. The lowest BCUT2D eigenvalue weighted by Gasteiger charge is -2.09. The third-order valence-corrected chi connectivity index (χ3v) is 2.66. The molecule has 0 aliphatic carbocycles. The standard InChI is InChI=1S/C9H11BrF3NO2/c10-7(8(15)9(11,12)13)5-14-4-6-2-1-3-16-6/h5-6,14H,1-4H2/b7-5+/t6-/m0/s1. The Morgan fingerprint density at radius 2 is 2.25 bits per heavy atom. The van der Waals surface area contributed by atoms with Gasteiger partial charge in [-0.1, -0.05) is 0 Å². The largest absolute Gasteiger partial charge is 0.455 e. The number of rotatable bonds is 4. The van der Waals surface area contributed by atoms with E-state index in [2.05, 4.69) is 21.2 Å². The summed E-state index contributed by atoms with van der Waals surface area (Å²) < 4.78 is 40.6. The van der Waals surface area contributed by atoms with Gasteiger partial charge in [0.2, 0.25) is 0 Å². The van der Waals surface area contributed by atoms with Crippen molar-refractivity contribution in [1.29, 1.82) is 0 Å². The molecule has 92 valence electrons. The maximum atomic E-state index is 12.0. The molecule has 1 saturated heterocycles. The topological polar surface area (TPSA) is 38.3 Å². The van der Waals surface area contributed by atoms with Crippen LogP contribution in [0.5, 0.6) is 0 Å². The number of ether oxygens (including phenoxy) is 1. The van der Waals surface area contributed by atoms with E-state index in [1.54, 1.807) is 0 Å². The van der Waals surface area contributed by atoms with Crippen LogP contribution in [0, 0.1) is 0 Å². The van der Waals surface area contributed by atoms with Crippen LogP contribution in [0.25, 0.3) is 0 Å². The first-order valence-electron chi connectivity index (χ1n) is 4.73. The number of hydrogen-bond acceptors (Lipinski definition) is 3. The fourth-order valence-corrected chi connectivity index (χ4v) is 1.67. The van der Waals surface area contributed by atoms with E-state index < -0.39 is 16.4 Å². The molecule has 0 spiro atoms. The molecule has 1 rings (SSSR count). The molecule has 0 bridgehead atoms. The molecule has 0 aromatic heterocycles. The van der Waals surface area contributed by atoms with Crippen molar-refractivity contribution in [2.24, 2.45) is 0 Å².